The maximum Gasteiger partial charge on any atom is 0.310 e. The summed E-state index contributed by atoms with van der Waals surface area (Å²) in [5, 5.41) is 8.91. The number of carbonyl (C=O) groups excluding carboxylic acids is 1. The standard InChI is InChI=1S/C15H16O3.2C2H6/c1-10(15(17)18)12-7-5-11(6-8-12)9-13-3-2-4-14(13)16;2*1-2/h5-10H,2-4H2,1H3,(H,17,18);2*1-2H3/b13-9+;;. The fourth-order valence-electron chi connectivity index (χ4n) is 2.12. The Labute approximate surface area is 134 Å². The summed E-state index contributed by atoms with van der Waals surface area (Å²) in [5.41, 5.74) is 2.62. The van der Waals surface area contributed by atoms with E-state index in [1.54, 1.807) is 6.92 Å². The minimum atomic E-state index is -0.827. The van der Waals surface area contributed by atoms with Crippen LogP contribution in [-0.2, 0) is 9.59 Å². The van der Waals surface area contributed by atoms with E-state index in [1.807, 2.05) is 58.0 Å². The monoisotopic (exact) mass is 304 g/mol. The van der Waals surface area contributed by atoms with Crippen molar-refractivity contribution in [3.8, 4) is 0 Å². The second kappa shape index (κ2) is 10.8. The van der Waals surface area contributed by atoms with Gasteiger partial charge in [0.05, 0.1) is 5.92 Å². The molecule has 0 bridgehead atoms. The Morgan fingerprint density at radius 3 is 2.05 bits per heavy atom. The molecule has 0 saturated heterocycles. The van der Waals surface area contributed by atoms with E-state index in [1.165, 1.54) is 0 Å². The van der Waals surface area contributed by atoms with Crippen molar-refractivity contribution in [2.24, 2.45) is 0 Å². The van der Waals surface area contributed by atoms with Crippen LogP contribution in [0.1, 0.15) is 70.9 Å². The van der Waals surface area contributed by atoms with E-state index in [0.717, 1.165) is 29.5 Å². The van der Waals surface area contributed by atoms with Gasteiger partial charge in [-0.25, -0.2) is 0 Å². The van der Waals surface area contributed by atoms with E-state index in [9.17, 15) is 9.59 Å². The predicted molar refractivity (Wildman–Crippen MR) is 92.0 cm³/mol. The number of Topliss-reactive ketones (excluding diaryl/α,β-unsaturated/α-hetero) is 1. The lowest BCUT2D eigenvalue weighted by Crippen LogP contribution is -2.06. The molecule has 0 radical (unpaired) electrons. The summed E-state index contributed by atoms with van der Waals surface area (Å²) >= 11 is 0. The molecule has 1 fully saturated rings. The van der Waals surface area contributed by atoms with Gasteiger partial charge in [-0.2, -0.15) is 0 Å². The molecule has 0 spiro atoms. The number of carbonyl (C=O) groups is 2. The normalized spacial score (nSPS) is 16.2. The third-order valence-corrected chi connectivity index (χ3v) is 3.36. The van der Waals surface area contributed by atoms with Gasteiger partial charge in [-0.05, 0) is 42.5 Å². The summed E-state index contributed by atoms with van der Waals surface area (Å²) in [4.78, 5) is 22.3. The Morgan fingerprint density at radius 2 is 1.64 bits per heavy atom. The molecule has 0 amide bonds. The number of hydrogen-bond donors (Lipinski definition) is 1. The molecule has 1 aromatic rings. The highest BCUT2D eigenvalue weighted by Gasteiger charge is 2.17. The van der Waals surface area contributed by atoms with Gasteiger partial charge in [0.25, 0.3) is 0 Å². The first-order valence-corrected chi connectivity index (χ1v) is 8.14. The van der Waals surface area contributed by atoms with Crippen LogP contribution in [0.15, 0.2) is 29.8 Å². The van der Waals surface area contributed by atoms with Crippen LogP contribution in [0.5, 0.6) is 0 Å². The van der Waals surface area contributed by atoms with Crippen LogP contribution in [0.2, 0.25) is 0 Å². The minimum absolute atomic E-state index is 0.234. The molecule has 0 aromatic heterocycles. The number of benzene rings is 1. The first kappa shape index (κ1) is 20.1. The van der Waals surface area contributed by atoms with E-state index in [2.05, 4.69) is 0 Å². The zero-order valence-corrected chi connectivity index (χ0v) is 14.3. The van der Waals surface area contributed by atoms with Gasteiger partial charge in [0.1, 0.15) is 0 Å². The molecule has 1 atom stereocenters. The van der Waals surface area contributed by atoms with Crippen LogP contribution >= 0.6 is 0 Å². The Bertz CT molecular complexity index is 498. The fourth-order valence-corrected chi connectivity index (χ4v) is 2.12. The van der Waals surface area contributed by atoms with E-state index >= 15 is 0 Å². The Morgan fingerprint density at radius 1 is 1.09 bits per heavy atom. The second-order valence-electron chi connectivity index (χ2n) is 4.67. The number of allylic oxidation sites excluding steroid dienone is 1. The number of ketones is 1. The van der Waals surface area contributed by atoms with E-state index in [-0.39, 0.29) is 5.78 Å². The molecule has 1 unspecified atom stereocenters. The molecular formula is C19H28O3. The average molecular weight is 304 g/mol. The molecule has 0 heterocycles. The molecular weight excluding hydrogens is 276 g/mol. The average Bonchev–Trinajstić information content (AvgIpc) is 2.96. The van der Waals surface area contributed by atoms with Crippen molar-refractivity contribution >= 4 is 17.8 Å². The topological polar surface area (TPSA) is 54.4 Å². The van der Waals surface area contributed by atoms with Gasteiger partial charge in [0, 0.05) is 6.42 Å². The van der Waals surface area contributed by atoms with Gasteiger partial charge in [-0.15, -0.1) is 0 Å². The Balaban J connectivity index is 0.00000102. The molecule has 1 N–H and O–H groups in total. The smallest absolute Gasteiger partial charge is 0.310 e. The molecule has 2 rings (SSSR count). The molecule has 3 heteroatoms. The summed E-state index contributed by atoms with van der Waals surface area (Å²) in [5.74, 6) is -1.09. The molecule has 22 heavy (non-hydrogen) atoms. The van der Waals surface area contributed by atoms with Crippen LogP contribution in [-0.4, -0.2) is 16.9 Å². The van der Waals surface area contributed by atoms with Crippen molar-refractivity contribution < 1.29 is 14.7 Å². The first-order valence-electron chi connectivity index (χ1n) is 8.14. The molecule has 1 aromatic carbocycles. The van der Waals surface area contributed by atoms with Crippen LogP contribution in [0, 0.1) is 0 Å². The number of carboxylic acid groups (broad SMARTS) is 1. The van der Waals surface area contributed by atoms with E-state index in [4.69, 9.17) is 5.11 Å². The Kier molecular flexibility index (Phi) is 9.84. The van der Waals surface area contributed by atoms with Crippen LogP contribution in [0.3, 0.4) is 0 Å². The van der Waals surface area contributed by atoms with Crippen molar-refractivity contribution in [1.29, 1.82) is 0 Å². The summed E-state index contributed by atoms with van der Waals surface area (Å²) in [6.07, 6.45) is 4.36. The fraction of sp³-hybridized carbons (Fsp3) is 0.474. The maximum atomic E-state index is 11.5. The highest BCUT2D eigenvalue weighted by molar-refractivity contribution is 6.01. The number of carboxylic acids is 1. The largest absolute Gasteiger partial charge is 0.481 e. The minimum Gasteiger partial charge on any atom is -0.481 e. The lowest BCUT2D eigenvalue weighted by molar-refractivity contribution is -0.138. The zero-order chi connectivity index (χ0) is 17.1. The molecule has 1 aliphatic rings. The van der Waals surface area contributed by atoms with Gasteiger partial charge in [0.15, 0.2) is 5.78 Å². The van der Waals surface area contributed by atoms with Crippen molar-refractivity contribution in [1.82, 2.24) is 0 Å². The van der Waals surface area contributed by atoms with E-state index < -0.39 is 11.9 Å². The van der Waals surface area contributed by atoms with E-state index in [0.29, 0.717) is 6.42 Å². The van der Waals surface area contributed by atoms with Gasteiger partial charge >= 0.3 is 5.97 Å². The lowest BCUT2D eigenvalue weighted by atomic mass is 9.99. The SMILES string of the molecule is CC.CC.CC(C(=O)O)c1ccc(/C=C2\CCCC2=O)cc1. The van der Waals surface area contributed by atoms with Crippen LogP contribution in [0.4, 0.5) is 0 Å². The van der Waals surface area contributed by atoms with Gasteiger partial charge in [-0.3, -0.25) is 9.59 Å². The summed E-state index contributed by atoms with van der Waals surface area (Å²) < 4.78 is 0. The first-order chi connectivity index (χ1) is 10.6. The van der Waals surface area contributed by atoms with Crippen molar-refractivity contribution in [2.75, 3.05) is 0 Å². The highest BCUT2D eigenvalue weighted by atomic mass is 16.4. The van der Waals surface area contributed by atoms with Gasteiger partial charge in [-0.1, -0.05) is 52.0 Å². The number of hydrogen-bond acceptors (Lipinski definition) is 2. The molecule has 122 valence electrons. The van der Waals surface area contributed by atoms with Crippen molar-refractivity contribution in [3.05, 3.63) is 41.0 Å². The number of aliphatic carboxylic acids is 1. The van der Waals surface area contributed by atoms with Gasteiger partial charge in [0.2, 0.25) is 0 Å². The summed E-state index contributed by atoms with van der Waals surface area (Å²) in [6.45, 7) is 9.66. The lowest BCUT2D eigenvalue weighted by Gasteiger charge is -2.06. The third kappa shape index (κ3) is 5.84. The molecule has 0 aliphatic heterocycles. The van der Waals surface area contributed by atoms with Crippen LogP contribution < -0.4 is 0 Å². The molecule has 1 aliphatic carbocycles. The summed E-state index contributed by atoms with van der Waals surface area (Å²) in [7, 11) is 0. The quantitative estimate of drug-likeness (QED) is 0.794. The predicted octanol–water partition coefficient (Wildman–Crippen LogP) is 5.06. The van der Waals surface area contributed by atoms with Gasteiger partial charge < -0.3 is 5.11 Å². The van der Waals surface area contributed by atoms with Crippen molar-refractivity contribution in [2.45, 2.75) is 59.8 Å². The second-order valence-corrected chi connectivity index (χ2v) is 4.67. The Hall–Kier alpha value is -1.90. The molecule has 1 saturated carbocycles. The van der Waals surface area contributed by atoms with Crippen LogP contribution in [0.25, 0.3) is 6.08 Å². The maximum absolute atomic E-state index is 11.5. The third-order valence-electron chi connectivity index (χ3n) is 3.36. The van der Waals surface area contributed by atoms with Crippen molar-refractivity contribution in [3.63, 3.8) is 0 Å². The zero-order valence-electron chi connectivity index (χ0n) is 14.3. The highest BCUT2D eigenvalue weighted by Crippen LogP contribution is 2.23. The summed E-state index contributed by atoms with van der Waals surface area (Å²) in [6, 6.07) is 7.36. The number of rotatable bonds is 3. The molecule has 3 nitrogen and oxygen atoms in total.